The zero-order chi connectivity index (χ0) is 16.0. The van der Waals surface area contributed by atoms with Crippen molar-refractivity contribution in [3.05, 3.63) is 30.5 Å². The maximum Gasteiger partial charge on any atom is 0.320 e. The highest BCUT2D eigenvalue weighted by Crippen LogP contribution is 2.17. The van der Waals surface area contributed by atoms with Crippen molar-refractivity contribution in [2.24, 2.45) is 5.92 Å². The lowest BCUT2D eigenvalue weighted by Gasteiger charge is -2.15. The highest BCUT2D eigenvalue weighted by Gasteiger charge is 2.13. The fraction of sp³-hybridized carbons (Fsp3) is 0.467. The van der Waals surface area contributed by atoms with Crippen molar-refractivity contribution in [2.45, 2.75) is 30.6 Å². The number of rotatable bonds is 4. The molecule has 6 nitrogen and oxygen atoms in total. The number of sulfone groups is 1. The summed E-state index contributed by atoms with van der Waals surface area (Å²) in [6, 6.07) is 2.39. The molecule has 0 aliphatic heterocycles. The van der Waals surface area contributed by atoms with Crippen LogP contribution in [-0.4, -0.2) is 32.2 Å². The Labute approximate surface area is 130 Å². The summed E-state index contributed by atoms with van der Waals surface area (Å²) >= 11 is 0. The molecule has 0 saturated heterocycles. The molecule has 2 amide bonds. The number of pyridine rings is 1. The SMILES string of the molecule is CS(=O)(=O)c1ccnc(NC(=O)NCC2CCC=CCC2)c1. The maximum absolute atomic E-state index is 11.9. The molecule has 22 heavy (non-hydrogen) atoms. The quantitative estimate of drug-likeness (QED) is 0.833. The van der Waals surface area contributed by atoms with Gasteiger partial charge >= 0.3 is 6.03 Å². The summed E-state index contributed by atoms with van der Waals surface area (Å²) < 4.78 is 22.9. The van der Waals surface area contributed by atoms with E-state index in [1.807, 2.05) is 0 Å². The highest BCUT2D eigenvalue weighted by molar-refractivity contribution is 7.90. The van der Waals surface area contributed by atoms with E-state index >= 15 is 0 Å². The van der Waals surface area contributed by atoms with E-state index in [-0.39, 0.29) is 16.7 Å². The van der Waals surface area contributed by atoms with E-state index in [0.717, 1.165) is 31.9 Å². The minimum atomic E-state index is -3.31. The second-order valence-corrected chi connectivity index (χ2v) is 7.49. The van der Waals surface area contributed by atoms with Crippen LogP contribution in [0.5, 0.6) is 0 Å². The normalized spacial score (nSPS) is 16.0. The molecule has 1 aliphatic rings. The lowest BCUT2D eigenvalue weighted by molar-refractivity contribution is 0.249. The first-order valence-electron chi connectivity index (χ1n) is 7.31. The van der Waals surface area contributed by atoms with Gasteiger partial charge in [0.05, 0.1) is 4.90 Å². The Hall–Kier alpha value is -1.89. The monoisotopic (exact) mass is 323 g/mol. The van der Waals surface area contributed by atoms with Crippen molar-refractivity contribution in [1.82, 2.24) is 10.3 Å². The Morgan fingerprint density at radius 1 is 1.32 bits per heavy atom. The Bertz CT molecular complexity index is 646. The van der Waals surface area contributed by atoms with Crippen molar-refractivity contribution in [3.8, 4) is 0 Å². The largest absolute Gasteiger partial charge is 0.338 e. The molecule has 2 rings (SSSR count). The zero-order valence-corrected chi connectivity index (χ0v) is 13.4. The van der Waals surface area contributed by atoms with Crippen molar-refractivity contribution in [1.29, 1.82) is 0 Å². The standard InChI is InChI=1S/C15H21N3O3S/c1-22(20,21)13-8-9-16-14(10-13)18-15(19)17-11-12-6-4-2-3-5-7-12/h2-3,8-10,12H,4-7,11H2,1H3,(H2,16,17,18,19). The number of anilines is 1. The van der Waals surface area contributed by atoms with Gasteiger partial charge < -0.3 is 5.32 Å². The number of hydrogen-bond acceptors (Lipinski definition) is 4. The van der Waals surface area contributed by atoms with Crippen LogP contribution in [-0.2, 0) is 9.84 Å². The molecule has 0 bridgehead atoms. The van der Waals surface area contributed by atoms with Crippen LogP contribution in [0.3, 0.4) is 0 Å². The van der Waals surface area contributed by atoms with Gasteiger partial charge in [0.25, 0.3) is 0 Å². The number of carbonyl (C=O) groups excluding carboxylic acids is 1. The number of nitrogens with zero attached hydrogens (tertiary/aromatic N) is 1. The number of allylic oxidation sites excluding steroid dienone is 2. The number of nitrogens with one attached hydrogen (secondary N) is 2. The third-order valence-electron chi connectivity index (χ3n) is 3.60. The molecule has 0 fully saturated rings. The third kappa shape index (κ3) is 5.14. The molecule has 0 aromatic carbocycles. The molecule has 0 radical (unpaired) electrons. The average molecular weight is 323 g/mol. The van der Waals surface area contributed by atoms with Gasteiger partial charge in [-0.15, -0.1) is 0 Å². The molecule has 1 aromatic rings. The summed E-state index contributed by atoms with van der Waals surface area (Å²) in [6.07, 6.45) is 11.1. The van der Waals surface area contributed by atoms with E-state index in [4.69, 9.17) is 0 Å². The fourth-order valence-electron chi connectivity index (χ4n) is 2.36. The second-order valence-electron chi connectivity index (χ2n) is 5.48. The lowest BCUT2D eigenvalue weighted by atomic mass is 10.0. The average Bonchev–Trinajstić information content (AvgIpc) is 2.73. The molecule has 0 saturated carbocycles. The Morgan fingerprint density at radius 3 is 2.64 bits per heavy atom. The van der Waals surface area contributed by atoms with Gasteiger partial charge in [-0.1, -0.05) is 12.2 Å². The molecular weight excluding hydrogens is 302 g/mol. The topological polar surface area (TPSA) is 88.2 Å². The van der Waals surface area contributed by atoms with E-state index in [1.54, 1.807) is 0 Å². The first-order chi connectivity index (χ1) is 10.4. The van der Waals surface area contributed by atoms with Crippen molar-refractivity contribution in [3.63, 3.8) is 0 Å². The predicted octanol–water partition coefficient (Wildman–Crippen LogP) is 2.35. The molecule has 1 aliphatic carbocycles. The van der Waals surface area contributed by atoms with Gasteiger partial charge in [0, 0.05) is 19.0 Å². The Balaban J connectivity index is 1.87. The van der Waals surface area contributed by atoms with Gasteiger partial charge in [-0.05, 0) is 43.7 Å². The summed E-state index contributed by atoms with van der Waals surface area (Å²) in [5.41, 5.74) is 0. The molecule has 120 valence electrons. The highest BCUT2D eigenvalue weighted by atomic mass is 32.2. The second kappa shape index (κ2) is 7.40. The summed E-state index contributed by atoms with van der Waals surface area (Å²) in [5.74, 6) is 0.694. The summed E-state index contributed by atoms with van der Waals surface area (Å²) in [4.78, 5) is 16.0. The molecular formula is C15H21N3O3S. The van der Waals surface area contributed by atoms with Gasteiger partial charge in [0.2, 0.25) is 0 Å². The molecule has 0 spiro atoms. The van der Waals surface area contributed by atoms with E-state index < -0.39 is 9.84 Å². The van der Waals surface area contributed by atoms with Crippen LogP contribution in [0, 0.1) is 5.92 Å². The summed E-state index contributed by atoms with van der Waals surface area (Å²) in [5, 5.41) is 5.39. The van der Waals surface area contributed by atoms with Gasteiger partial charge in [-0.25, -0.2) is 18.2 Å². The Kier molecular flexibility index (Phi) is 5.54. The molecule has 0 unspecified atom stereocenters. The minimum absolute atomic E-state index is 0.132. The predicted molar refractivity (Wildman–Crippen MR) is 85.5 cm³/mol. The summed E-state index contributed by atoms with van der Waals surface area (Å²) in [6.45, 7) is 0.610. The van der Waals surface area contributed by atoms with Crippen LogP contribution >= 0.6 is 0 Å². The van der Waals surface area contributed by atoms with Crippen molar-refractivity contribution < 1.29 is 13.2 Å². The van der Waals surface area contributed by atoms with Crippen LogP contribution in [0.25, 0.3) is 0 Å². The number of amides is 2. The van der Waals surface area contributed by atoms with Crippen molar-refractivity contribution >= 4 is 21.7 Å². The van der Waals surface area contributed by atoms with Crippen LogP contribution in [0.4, 0.5) is 10.6 Å². The lowest BCUT2D eigenvalue weighted by Crippen LogP contribution is -2.33. The van der Waals surface area contributed by atoms with Crippen molar-refractivity contribution in [2.75, 3.05) is 18.1 Å². The summed E-state index contributed by atoms with van der Waals surface area (Å²) in [7, 11) is -3.31. The number of hydrogen-bond donors (Lipinski definition) is 2. The minimum Gasteiger partial charge on any atom is -0.338 e. The smallest absolute Gasteiger partial charge is 0.320 e. The van der Waals surface area contributed by atoms with Gasteiger partial charge in [0.1, 0.15) is 5.82 Å². The van der Waals surface area contributed by atoms with E-state index in [1.165, 1.54) is 18.3 Å². The van der Waals surface area contributed by atoms with Gasteiger partial charge in [-0.3, -0.25) is 5.32 Å². The maximum atomic E-state index is 11.9. The van der Waals surface area contributed by atoms with E-state index in [2.05, 4.69) is 27.8 Å². The van der Waals surface area contributed by atoms with Crippen LogP contribution in [0.15, 0.2) is 35.4 Å². The molecule has 2 N–H and O–H groups in total. The van der Waals surface area contributed by atoms with Gasteiger partial charge in [-0.2, -0.15) is 0 Å². The van der Waals surface area contributed by atoms with Crippen LogP contribution in [0.2, 0.25) is 0 Å². The first kappa shape index (κ1) is 16.5. The number of aromatic nitrogens is 1. The molecule has 0 atom stereocenters. The molecule has 7 heteroatoms. The molecule has 1 aromatic heterocycles. The fourth-order valence-corrected chi connectivity index (χ4v) is 2.99. The third-order valence-corrected chi connectivity index (χ3v) is 4.71. The Morgan fingerprint density at radius 2 is 2.00 bits per heavy atom. The van der Waals surface area contributed by atoms with E-state index in [9.17, 15) is 13.2 Å². The van der Waals surface area contributed by atoms with Gasteiger partial charge in [0.15, 0.2) is 9.84 Å². The first-order valence-corrected chi connectivity index (χ1v) is 9.20. The zero-order valence-electron chi connectivity index (χ0n) is 12.6. The van der Waals surface area contributed by atoms with E-state index in [0.29, 0.717) is 12.5 Å². The van der Waals surface area contributed by atoms with Crippen LogP contribution < -0.4 is 10.6 Å². The molecule has 1 heterocycles. The number of urea groups is 1. The van der Waals surface area contributed by atoms with Crippen LogP contribution in [0.1, 0.15) is 25.7 Å². The number of carbonyl (C=O) groups is 1.